The van der Waals surface area contributed by atoms with Gasteiger partial charge < -0.3 is 14.9 Å². The number of piperidine rings is 1. The Balaban J connectivity index is 1.78. The molecule has 0 aliphatic carbocycles. The van der Waals surface area contributed by atoms with E-state index in [0.29, 0.717) is 12.0 Å². The fourth-order valence-electron chi connectivity index (χ4n) is 4.76. The van der Waals surface area contributed by atoms with Crippen LogP contribution in [0.1, 0.15) is 25.3 Å². The predicted molar refractivity (Wildman–Crippen MR) is 131 cm³/mol. The van der Waals surface area contributed by atoms with Gasteiger partial charge in [-0.2, -0.15) is 0 Å². The Morgan fingerprint density at radius 3 is 2.53 bits per heavy atom. The fourth-order valence-corrected chi connectivity index (χ4v) is 5.27. The molecule has 1 unspecified atom stereocenters. The minimum absolute atomic E-state index is 0.0253. The summed E-state index contributed by atoms with van der Waals surface area (Å²) in [6.07, 6.45) is 3.83. The van der Waals surface area contributed by atoms with E-state index in [4.69, 9.17) is 0 Å². The van der Waals surface area contributed by atoms with Crippen LogP contribution in [-0.4, -0.2) is 56.6 Å². The number of phenols is 1. The highest BCUT2D eigenvalue weighted by Gasteiger charge is 2.27. The Morgan fingerprint density at radius 2 is 1.88 bits per heavy atom. The number of para-hydroxylation sites is 1. The van der Waals surface area contributed by atoms with Gasteiger partial charge in [-0.1, -0.05) is 24.3 Å². The molecule has 2 aromatic carbocycles. The van der Waals surface area contributed by atoms with Crippen LogP contribution >= 0.6 is 0 Å². The van der Waals surface area contributed by atoms with Crippen molar-refractivity contribution in [2.24, 2.45) is 5.92 Å². The molecule has 2 heterocycles. The maximum absolute atomic E-state index is 11.6. The Hall–Kier alpha value is -2.64. The van der Waals surface area contributed by atoms with Gasteiger partial charge in [0.05, 0.1) is 17.0 Å². The average Bonchev–Trinajstić information content (AvgIpc) is 2.78. The Morgan fingerprint density at radius 1 is 1.16 bits per heavy atom. The van der Waals surface area contributed by atoms with Crippen molar-refractivity contribution in [3.63, 3.8) is 0 Å². The van der Waals surface area contributed by atoms with Gasteiger partial charge in [-0.25, -0.2) is 8.42 Å². The molecule has 1 aromatic heterocycles. The molecule has 6 nitrogen and oxygen atoms in total. The number of nitrogens with zero attached hydrogens (tertiary/aromatic N) is 3. The smallest absolute Gasteiger partial charge is 0.144 e. The first-order valence-corrected chi connectivity index (χ1v) is 12.4. The molecule has 1 atom stereocenters. The Bertz CT molecular complexity index is 1180. The SMILES string of the molecule is CC(C1CCN(c2c(C[SH](=O)=O)cnc3ccc(-c4ccccc4O)cc23)CC1)N(C)C. The van der Waals surface area contributed by atoms with E-state index in [2.05, 4.69) is 35.8 Å². The molecule has 0 amide bonds. The molecule has 170 valence electrons. The molecular weight excluding hydrogens is 422 g/mol. The zero-order chi connectivity index (χ0) is 22.8. The van der Waals surface area contributed by atoms with E-state index in [9.17, 15) is 13.5 Å². The summed E-state index contributed by atoms with van der Waals surface area (Å²) < 4.78 is 23.3. The number of fused-ring (bicyclic) bond motifs is 1. The lowest BCUT2D eigenvalue weighted by molar-refractivity contribution is 0.199. The van der Waals surface area contributed by atoms with Crippen LogP contribution in [0.2, 0.25) is 0 Å². The number of thiol groups is 1. The van der Waals surface area contributed by atoms with Gasteiger partial charge in [-0.15, -0.1) is 0 Å². The summed E-state index contributed by atoms with van der Waals surface area (Å²) >= 11 is 0. The average molecular weight is 454 g/mol. The molecule has 1 aliphatic rings. The first kappa shape index (κ1) is 22.6. The van der Waals surface area contributed by atoms with Crippen molar-refractivity contribution in [1.29, 1.82) is 0 Å². The molecule has 0 radical (unpaired) electrons. The molecule has 3 aromatic rings. The molecule has 1 N–H and O–H groups in total. The number of pyridine rings is 1. The lowest BCUT2D eigenvalue weighted by atomic mass is 9.89. The maximum Gasteiger partial charge on any atom is 0.144 e. The van der Waals surface area contributed by atoms with Crippen molar-refractivity contribution < 1.29 is 13.5 Å². The molecule has 32 heavy (non-hydrogen) atoms. The van der Waals surface area contributed by atoms with E-state index in [1.165, 1.54) is 0 Å². The Kier molecular flexibility index (Phi) is 6.67. The van der Waals surface area contributed by atoms with Crippen molar-refractivity contribution in [2.75, 3.05) is 32.1 Å². The van der Waals surface area contributed by atoms with Gasteiger partial charge in [0, 0.05) is 41.8 Å². The summed E-state index contributed by atoms with van der Waals surface area (Å²) in [7, 11) is 1.68. The van der Waals surface area contributed by atoms with Gasteiger partial charge in [0.25, 0.3) is 0 Å². The highest BCUT2D eigenvalue weighted by atomic mass is 32.2. The van der Waals surface area contributed by atoms with Crippen LogP contribution in [0.25, 0.3) is 22.0 Å². The summed E-state index contributed by atoms with van der Waals surface area (Å²) in [5.74, 6) is 0.812. The number of rotatable bonds is 6. The summed E-state index contributed by atoms with van der Waals surface area (Å²) in [5, 5.41) is 11.3. The van der Waals surface area contributed by atoms with E-state index >= 15 is 0 Å². The van der Waals surface area contributed by atoms with Crippen molar-refractivity contribution >= 4 is 27.3 Å². The van der Waals surface area contributed by atoms with Gasteiger partial charge in [-0.3, -0.25) is 4.98 Å². The minimum atomic E-state index is -2.57. The first-order valence-electron chi connectivity index (χ1n) is 11.1. The van der Waals surface area contributed by atoms with Crippen LogP contribution in [0.15, 0.2) is 48.7 Å². The molecule has 7 heteroatoms. The summed E-state index contributed by atoms with van der Waals surface area (Å²) in [6.45, 7) is 4.03. The van der Waals surface area contributed by atoms with E-state index in [1.807, 2.05) is 30.3 Å². The van der Waals surface area contributed by atoms with Gasteiger partial charge in [0.15, 0.2) is 0 Å². The van der Waals surface area contributed by atoms with Crippen LogP contribution in [0.3, 0.4) is 0 Å². The molecule has 4 rings (SSSR count). The van der Waals surface area contributed by atoms with Gasteiger partial charge in [0.1, 0.15) is 16.5 Å². The third kappa shape index (κ3) is 4.59. The molecular formula is C25H31N3O3S. The standard InChI is InChI=1S/C25H31N3O3S/c1-17(27(2)3)18-10-12-28(13-11-18)25-20(16-32(30)31)15-26-23-9-8-19(14-22(23)25)21-6-4-5-7-24(21)29/h4-9,14-15,17-18,29,32H,10-13,16H2,1-3H3. The van der Waals surface area contributed by atoms with E-state index < -0.39 is 10.7 Å². The maximum atomic E-state index is 11.6. The topological polar surface area (TPSA) is 73.7 Å². The molecule has 0 saturated carbocycles. The third-order valence-corrected chi connectivity index (χ3v) is 7.38. The number of anilines is 1. The lowest BCUT2D eigenvalue weighted by Crippen LogP contribution is -2.42. The summed E-state index contributed by atoms with van der Waals surface area (Å²) in [6, 6.07) is 13.7. The Labute approximate surface area is 191 Å². The van der Waals surface area contributed by atoms with Crippen molar-refractivity contribution in [3.8, 4) is 16.9 Å². The second kappa shape index (κ2) is 9.46. The quantitative estimate of drug-likeness (QED) is 0.552. The number of aromatic nitrogens is 1. The molecule has 0 bridgehead atoms. The fraction of sp³-hybridized carbons (Fsp3) is 0.400. The molecule has 1 fully saturated rings. The summed E-state index contributed by atoms with van der Waals surface area (Å²) in [5.41, 5.74) is 4.16. The number of hydrogen-bond acceptors (Lipinski definition) is 6. The first-order chi connectivity index (χ1) is 15.3. The van der Waals surface area contributed by atoms with Crippen LogP contribution in [0.5, 0.6) is 5.75 Å². The number of phenolic OH excluding ortho intramolecular Hbond substituents is 1. The minimum Gasteiger partial charge on any atom is -0.507 e. The zero-order valence-corrected chi connectivity index (χ0v) is 19.8. The highest BCUT2D eigenvalue weighted by Crippen LogP contribution is 2.37. The predicted octanol–water partition coefficient (Wildman–Crippen LogP) is 3.89. The van der Waals surface area contributed by atoms with Crippen molar-refractivity contribution in [1.82, 2.24) is 9.88 Å². The second-order valence-corrected chi connectivity index (χ2v) is 9.88. The highest BCUT2D eigenvalue weighted by molar-refractivity contribution is 7.71. The van der Waals surface area contributed by atoms with Gasteiger partial charge in [-0.05, 0) is 63.5 Å². The molecule has 1 saturated heterocycles. The van der Waals surface area contributed by atoms with E-state index in [1.54, 1.807) is 18.3 Å². The van der Waals surface area contributed by atoms with Crippen LogP contribution < -0.4 is 4.90 Å². The normalized spacial score (nSPS) is 16.2. The molecule has 0 spiro atoms. The molecule has 1 aliphatic heterocycles. The van der Waals surface area contributed by atoms with Crippen LogP contribution in [0.4, 0.5) is 5.69 Å². The van der Waals surface area contributed by atoms with E-state index in [0.717, 1.165) is 59.2 Å². The summed E-state index contributed by atoms with van der Waals surface area (Å²) in [4.78, 5) is 9.15. The van der Waals surface area contributed by atoms with Gasteiger partial charge in [0.2, 0.25) is 0 Å². The number of aromatic hydroxyl groups is 1. The van der Waals surface area contributed by atoms with Crippen molar-refractivity contribution in [2.45, 2.75) is 31.6 Å². The zero-order valence-electron chi connectivity index (χ0n) is 18.9. The number of benzene rings is 2. The van der Waals surface area contributed by atoms with Crippen molar-refractivity contribution in [3.05, 3.63) is 54.2 Å². The van der Waals surface area contributed by atoms with Crippen LogP contribution in [0, 0.1) is 5.92 Å². The monoisotopic (exact) mass is 453 g/mol. The number of hydrogen-bond donors (Lipinski definition) is 2. The van der Waals surface area contributed by atoms with Gasteiger partial charge >= 0.3 is 0 Å². The lowest BCUT2D eigenvalue weighted by Gasteiger charge is -2.39. The third-order valence-electron chi connectivity index (χ3n) is 6.78. The van der Waals surface area contributed by atoms with E-state index in [-0.39, 0.29) is 11.5 Å². The largest absolute Gasteiger partial charge is 0.507 e. The van der Waals surface area contributed by atoms with Crippen LogP contribution in [-0.2, 0) is 16.5 Å². The second-order valence-electron chi connectivity index (χ2n) is 8.90.